The monoisotopic (exact) mass is 412 g/mol. The minimum Gasteiger partial charge on any atom is -0.346 e. The van der Waals surface area contributed by atoms with E-state index in [9.17, 15) is 14.0 Å². The molecule has 0 bridgehead atoms. The van der Waals surface area contributed by atoms with Crippen LogP contribution in [0.25, 0.3) is 0 Å². The number of nitrogens with zero attached hydrogens (tertiary/aromatic N) is 2. The van der Waals surface area contributed by atoms with Crippen molar-refractivity contribution in [3.63, 3.8) is 0 Å². The molecule has 1 fully saturated rings. The van der Waals surface area contributed by atoms with E-state index >= 15 is 0 Å². The topological polar surface area (TPSA) is 64.7 Å². The zero-order valence-corrected chi connectivity index (χ0v) is 17.7. The van der Waals surface area contributed by atoms with Crippen molar-refractivity contribution >= 4 is 17.5 Å². The fourth-order valence-corrected chi connectivity index (χ4v) is 3.68. The van der Waals surface area contributed by atoms with Gasteiger partial charge in [0.25, 0.3) is 0 Å². The third-order valence-electron chi connectivity index (χ3n) is 5.53. The number of rotatable bonds is 5. The fraction of sp³-hybridized carbons (Fsp3) is 0.391. The fourth-order valence-electron chi connectivity index (χ4n) is 3.68. The van der Waals surface area contributed by atoms with Gasteiger partial charge in [0, 0.05) is 38.4 Å². The number of carbonyl (C=O) groups is 2. The van der Waals surface area contributed by atoms with Crippen molar-refractivity contribution in [2.24, 2.45) is 0 Å². The molecule has 0 saturated carbocycles. The van der Waals surface area contributed by atoms with Gasteiger partial charge in [-0.1, -0.05) is 29.8 Å². The molecule has 2 aromatic carbocycles. The van der Waals surface area contributed by atoms with Gasteiger partial charge < -0.3 is 15.5 Å². The summed E-state index contributed by atoms with van der Waals surface area (Å²) in [5, 5.41) is 5.43. The van der Waals surface area contributed by atoms with E-state index in [1.54, 1.807) is 18.2 Å². The molecule has 0 spiro atoms. The van der Waals surface area contributed by atoms with Crippen LogP contribution in [-0.4, -0.2) is 61.4 Å². The molecule has 0 aliphatic carbocycles. The molecule has 2 amide bonds. The Balaban J connectivity index is 1.65. The molecule has 1 saturated heterocycles. The maximum atomic E-state index is 13.4. The van der Waals surface area contributed by atoms with Gasteiger partial charge in [0.2, 0.25) is 0 Å². The smallest absolute Gasteiger partial charge is 0.313 e. The van der Waals surface area contributed by atoms with Crippen LogP contribution in [-0.2, 0) is 9.59 Å². The van der Waals surface area contributed by atoms with Crippen molar-refractivity contribution in [1.29, 1.82) is 0 Å². The van der Waals surface area contributed by atoms with Crippen molar-refractivity contribution in [1.82, 2.24) is 15.1 Å². The average molecular weight is 413 g/mol. The molecule has 1 aliphatic rings. The molecule has 0 unspecified atom stereocenters. The largest absolute Gasteiger partial charge is 0.346 e. The van der Waals surface area contributed by atoms with E-state index in [0.717, 1.165) is 42.9 Å². The van der Waals surface area contributed by atoms with Gasteiger partial charge in [-0.3, -0.25) is 14.5 Å². The van der Waals surface area contributed by atoms with E-state index in [-0.39, 0.29) is 18.4 Å². The zero-order valence-electron chi connectivity index (χ0n) is 17.7. The van der Waals surface area contributed by atoms with Crippen LogP contribution < -0.4 is 10.6 Å². The molecule has 6 nitrogen and oxygen atoms in total. The Morgan fingerprint density at radius 2 is 1.67 bits per heavy atom. The van der Waals surface area contributed by atoms with Gasteiger partial charge in [0.05, 0.1) is 6.04 Å². The zero-order chi connectivity index (χ0) is 21.7. The number of nitrogens with one attached hydrogen (secondary N) is 2. The van der Waals surface area contributed by atoms with Crippen molar-refractivity contribution in [3.8, 4) is 0 Å². The molecule has 1 heterocycles. The Bertz CT molecular complexity index is 893. The van der Waals surface area contributed by atoms with Crippen molar-refractivity contribution in [2.75, 3.05) is 45.1 Å². The maximum Gasteiger partial charge on any atom is 0.313 e. The van der Waals surface area contributed by atoms with Crippen LogP contribution in [0.1, 0.15) is 22.7 Å². The molecule has 3 rings (SSSR count). The first-order valence-electron chi connectivity index (χ1n) is 10.2. The van der Waals surface area contributed by atoms with E-state index in [2.05, 4.69) is 27.5 Å². The number of anilines is 1. The molecule has 0 aromatic heterocycles. The first kappa shape index (κ1) is 21.9. The van der Waals surface area contributed by atoms with Crippen LogP contribution in [0.3, 0.4) is 0 Å². The summed E-state index contributed by atoms with van der Waals surface area (Å²) < 4.78 is 13.4. The minimum atomic E-state index is -0.696. The molecule has 7 heteroatoms. The van der Waals surface area contributed by atoms with E-state index in [0.29, 0.717) is 5.69 Å². The molecular weight excluding hydrogens is 383 g/mol. The third kappa shape index (κ3) is 5.64. The number of piperazine rings is 1. The van der Waals surface area contributed by atoms with Crippen LogP contribution in [0.15, 0.2) is 42.5 Å². The van der Waals surface area contributed by atoms with E-state index in [1.807, 2.05) is 26.0 Å². The lowest BCUT2D eigenvalue weighted by molar-refractivity contribution is -0.136. The Kier molecular flexibility index (Phi) is 7.18. The first-order valence-corrected chi connectivity index (χ1v) is 10.2. The first-order chi connectivity index (χ1) is 14.3. The normalized spacial score (nSPS) is 16.1. The Hall–Kier alpha value is -2.77. The van der Waals surface area contributed by atoms with Gasteiger partial charge in [-0.05, 0) is 50.2 Å². The SMILES string of the molecule is Cc1ccc(NC(=O)C(=O)NC[C@H](c2ccc(F)cc2)N2CCN(C)CC2)c(C)c1. The second-order valence-electron chi connectivity index (χ2n) is 7.89. The molecular formula is C23H29FN4O2. The molecule has 160 valence electrons. The molecule has 2 N–H and O–H groups in total. The van der Waals surface area contributed by atoms with Crippen molar-refractivity contribution in [3.05, 3.63) is 65.0 Å². The van der Waals surface area contributed by atoms with Crippen LogP contribution >= 0.6 is 0 Å². The molecule has 0 radical (unpaired) electrons. The molecule has 1 atom stereocenters. The predicted octanol–water partition coefficient (Wildman–Crippen LogP) is 2.49. The van der Waals surface area contributed by atoms with Gasteiger partial charge in [0.1, 0.15) is 5.82 Å². The lowest BCUT2D eigenvalue weighted by Crippen LogP contribution is -2.49. The summed E-state index contributed by atoms with van der Waals surface area (Å²) in [6.45, 7) is 7.64. The summed E-state index contributed by atoms with van der Waals surface area (Å²) in [5.41, 5.74) is 3.52. The average Bonchev–Trinajstić information content (AvgIpc) is 2.72. The summed E-state index contributed by atoms with van der Waals surface area (Å²) in [6, 6.07) is 11.8. The summed E-state index contributed by atoms with van der Waals surface area (Å²) in [7, 11) is 2.07. The van der Waals surface area contributed by atoms with E-state index in [4.69, 9.17) is 0 Å². The lowest BCUT2D eigenvalue weighted by Gasteiger charge is -2.38. The molecule has 1 aliphatic heterocycles. The van der Waals surface area contributed by atoms with Gasteiger partial charge >= 0.3 is 11.8 Å². The summed E-state index contributed by atoms with van der Waals surface area (Å²) >= 11 is 0. The van der Waals surface area contributed by atoms with E-state index in [1.165, 1.54) is 12.1 Å². The Morgan fingerprint density at radius 1 is 1.00 bits per heavy atom. The number of hydrogen-bond acceptors (Lipinski definition) is 4. The van der Waals surface area contributed by atoms with Gasteiger partial charge in [-0.2, -0.15) is 0 Å². The minimum absolute atomic E-state index is 0.128. The number of carbonyl (C=O) groups excluding carboxylic acids is 2. The highest BCUT2D eigenvalue weighted by Gasteiger charge is 2.25. The van der Waals surface area contributed by atoms with Crippen LogP contribution in [0.4, 0.5) is 10.1 Å². The van der Waals surface area contributed by atoms with Gasteiger partial charge in [-0.15, -0.1) is 0 Å². The number of hydrogen-bond donors (Lipinski definition) is 2. The summed E-state index contributed by atoms with van der Waals surface area (Å²) in [4.78, 5) is 29.3. The Morgan fingerprint density at radius 3 is 2.30 bits per heavy atom. The van der Waals surface area contributed by atoms with Crippen molar-refractivity contribution in [2.45, 2.75) is 19.9 Å². The van der Waals surface area contributed by atoms with Gasteiger partial charge in [-0.25, -0.2) is 4.39 Å². The number of likely N-dealkylation sites (N-methyl/N-ethyl adjacent to an activating group) is 1. The number of halogens is 1. The highest BCUT2D eigenvalue weighted by molar-refractivity contribution is 6.39. The number of aryl methyl sites for hydroxylation is 2. The number of amides is 2. The predicted molar refractivity (Wildman–Crippen MR) is 116 cm³/mol. The van der Waals surface area contributed by atoms with Crippen molar-refractivity contribution < 1.29 is 14.0 Å². The van der Waals surface area contributed by atoms with Gasteiger partial charge in [0.15, 0.2) is 0 Å². The maximum absolute atomic E-state index is 13.4. The second kappa shape index (κ2) is 9.82. The highest BCUT2D eigenvalue weighted by atomic mass is 19.1. The third-order valence-corrected chi connectivity index (χ3v) is 5.53. The lowest BCUT2D eigenvalue weighted by atomic mass is 10.0. The molecule has 2 aromatic rings. The summed E-state index contributed by atoms with van der Waals surface area (Å²) in [6.07, 6.45) is 0. The highest BCUT2D eigenvalue weighted by Crippen LogP contribution is 2.22. The second-order valence-corrected chi connectivity index (χ2v) is 7.89. The van der Waals surface area contributed by atoms with E-state index < -0.39 is 11.8 Å². The van der Waals surface area contributed by atoms with Crippen LogP contribution in [0.2, 0.25) is 0 Å². The Labute approximate surface area is 177 Å². The molecule has 30 heavy (non-hydrogen) atoms. The van der Waals surface area contributed by atoms with Crippen LogP contribution in [0, 0.1) is 19.7 Å². The quantitative estimate of drug-likeness (QED) is 0.741. The van der Waals surface area contributed by atoms with Crippen LogP contribution in [0.5, 0.6) is 0 Å². The summed E-state index contributed by atoms with van der Waals surface area (Å²) in [5.74, 6) is -1.68. The standard InChI is InChI=1S/C23H29FN4O2/c1-16-4-9-20(17(2)14-16)26-23(30)22(29)25-15-21(18-5-7-19(24)8-6-18)28-12-10-27(3)11-13-28/h4-9,14,21H,10-13,15H2,1-3H3,(H,25,29)(H,26,30)/t21-/m1/s1. The number of benzene rings is 2.